The third kappa shape index (κ3) is 1.85. The lowest BCUT2D eigenvalue weighted by atomic mass is 10.4. The summed E-state index contributed by atoms with van der Waals surface area (Å²) in [7, 11) is 0. The fraction of sp³-hybridized carbons (Fsp3) is 0.400. The lowest BCUT2D eigenvalue weighted by Gasteiger charge is -2.16. The van der Waals surface area contributed by atoms with Crippen LogP contribution < -0.4 is 5.56 Å². The lowest BCUT2D eigenvalue weighted by Crippen LogP contribution is -2.36. The smallest absolute Gasteiger partial charge is 0.291 e. The highest BCUT2D eigenvalue weighted by atomic mass is 16.3. The van der Waals surface area contributed by atoms with Gasteiger partial charge in [-0.05, 0) is 19.8 Å². The predicted octanol–water partition coefficient (Wildman–Crippen LogP) is 1.17. The molecule has 0 saturated carbocycles. The summed E-state index contributed by atoms with van der Waals surface area (Å²) in [6.07, 6.45) is 3.64. The number of furan rings is 1. The standard InChI is InChI=1S/C15H16N4O3/c1-10-16-18(9-14(20)17-5-2-3-6-17)15(21)12-8-13-11(19(10)12)4-7-22-13/h4,7-8H,2-3,5-6,9H2,1H3. The van der Waals surface area contributed by atoms with Gasteiger partial charge in [-0.25, -0.2) is 4.68 Å². The topological polar surface area (TPSA) is 72.8 Å². The fourth-order valence-electron chi connectivity index (χ4n) is 3.13. The first-order chi connectivity index (χ1) is 10.6. The number of likely N-dealkylation sites (tertiary alicyclic amines) is 1. The molecule has 0 aliphatic carbocycles. The molecule has 1 aliphatic heterocycles. The quantitative estimate of drug-likeness (QED) is 0.712. The molecule has 1 amide bonds. The number of rotatable bonds is 2. The van der Waals surface area contributed by atoms with Gasteiger partial charge in [0.2, 0.25) is 5.91 Å². The molecule has 114 valence electrons. The van der Waals surface area contributed by atoms with Crippen LogP contribution in [0, 0.1) is 6.92 Å². The second kappa shape index (κ2) is 4.72. The highest BCUT2D eigenvalue weighted by Gasteiger charge is 2.20. The molecule has 3 aromatic rings. The summed E-state index contributed by atoms with van der Waals surface area (Å²) >= 11 is 0. The van der Waals surface area contributed by atoms with E-state index in [4.69, 9.17) is 4.42 Å². The molecule has 0 bridgehead atoms. The van der Waals surface area contributed by atoms with E-state index in [0.29, 0.717) is 16.9 Å². The predicted molar refractivity (Wildman–Crippen MR) is 79.8 cm³/mol. The highest BCUT2D eigenvalue weighted by Crippen LogP contribution is 2.20. The van der Waals surface area contributed by atoms with E-state index in [0.717, 1.165) is 31.4 Å². The summed E-state index contributed by atoms with van der Waals surface area (Å²) in [5, 5.41) is 4.29. The number of hydrogen-bond donors (Lipinski definition) is 0. The number of carbonyl (C=O) groups is 1. The van der Waals surface area contributed by atoms with Crippen molar-refractivity contribution in [3.05, 3.63) is 34.6 Å². The number of amides is 1. The van der Waals surface area contributed by atoms with E-state index < -0.39 is 0 Å². The van der Waals surface area contributed by atoms with Crippen molar-refractivity contribution in [2.24, 2.45) is 0 Å². The molecule has 0 N–H and O–H groups in total. The van der Waals surface area contributed by atoms with E-state index >= 15 is 0 Å². The molecule has 1 fully saturated rings. The number of carbonyl (C=O) groups excluding carboxylic acids is 1. The van der Waals surface area contributed by atoms with Crippen LogP contribution in [0.1, 0.15) is 18.7 Å². The molecule has 7 nitrogen and oxygen atoms in total. The first-order valence-electron chi connectivity index (χ1n) is 7.39. The Hall–Kier alpha value is -2.57. The third-order valence-electron chi connectivity index (χ3n) is 4.21. The van der Waals surface area contributed by atoms with Crippen molar-refractivity contribution in [2.45, 2.75) is 26.3 Å². The molecule has 1 saturated heterocycles. The van der Waals surface area contributed by atoms with Crippen molar-refractivity contribution in [3.63, 3.8) is 0 Å². The summed E-state index contributed by atoms with van der Waals surface area (Å²) in [4.78, 5) is 26.6. The number of hydrogen-bond acceptors (Lipinski definition) is 4. The van der Waals surface area contributed by atoms with Crippen molar-refractivity contribution in [3.8, 4) is 0 Å². The van der Waals surface area contributed by atoms with Gasteiger partial charge >= 0.3 is 0 Å². The Bertz CT molecular complexity index is 927. The Morgan fingerprint density at radius 2 is 2.09 bits per heavy atom. The van der Waals surface area contributed by atoms with Gasteiger partial charge in [-0.2, -0.15) is 5.10 Å². The number of aromatic nitrogens is 3. The second-order valence-electron chi connectivity index (χ2n) is 5.63. The Labute approximate surface area is 125 Å². The summed E-state index contributed by atoms with van der Waals surface area (Å²) in [5.74, 6) is 0.603. The molecule has 3 aromatic heterocycles. The van der Waals surface area contributed by atoms with Crippen LogP contribution in [0.15, 0.2) is 27.6 Å². The zero-order chi connectivity index (χ0) is 15.3. The minimum Gasteiger partial charge on any atom is -0.463 e. The molecule has 4 rings (SSSR count). The Morgan fingerprint density at radius 1 is 1.32 bits per heavy atom. The maximum atomic E-state index is 12.6. The molecule has 0 radical (unpaired) electrons. The number of fused-ring (bicyclic) bond motifs is 3. The van der Waals surface area contributed by atoms with Gasteiger partial charge in [-0.15, -0.1) is 0 Å². The Kier molecular flexibility index (Phi) is 2.82. The van der Waals surface area contributed by atoms with Gasteiger partial charge in [0.05, 0.1) is 11.8 Å². The molecule has 7 heteroatoms. The summed E-state index contributed by atoms with van der Waals surface area (Å²) in [5.41, 5.74) is 1.67. The average molecular weight is 300 g/mol. The summed E-state index contributed by atoms with van der Waals surface area (Å²) in [6.45, 7) is 3.35. The van der Waals surface area contributed by atoms with Gasteiger partial charge in [-0.3, -0.25) is 14.0 Å². The minimum atomic E-state index is -0.274. The van der Waals surface area contributed by atoms with Crippen LogP contribution in [-0.4, -0.2) is 38.1 Å². The maximum Gasteiger partial charge on any atom is 0.291 e. The monoisotopic (exact) mass is 300 g/mol. The van der Waals surface area contributed by atoms with Crippen LogP contribution in [0.3, 0.4) is 0 Å². The average Bonchev–Trinajstić information content (AvgIpc) is 3.19. The Morgan fingerprint density at radius 3 is 2.86 bits per heavy atom. The molecule has 0 unspecified atom stereocenters. The van der Waals surface area contributed by atoms with E-state index in [1.54, 1.807) is 27.7 Å². The SMILES string of the molecule is Cc1nn(CC(=O)N2CCCC2)c(=O)c2cc3occc3n12. The van der Waals surface area contributed by atoms with Gasteiger partial charge in [-0.1, -0.05) is 0 Å². The molecule has 0 atom stereocenters. The van der Waals surface area contributed by atoms with Crippen LogP contribution in [0.5, 0.6) is 0 Å². The van der Waals surface area contributed by atoms with Gasteiger partial charge < -0.3 is 9.32 Å². The van der Waals surface area contributed by atoms with Crippen molar-refractivity contribution in [1.82, 2.24) is 19.1 Å². The molecule has 0 spiro atoms. The normalized spacial score (nSPS) is 15.2. The maximum absolute atomic E-state index is 12.6. The van der Waals surface area contributed by atoms with Crippen LogP contribution in [0.25, 0.3) is 16.6 Å². The number of nitrogens with zero attached hydrogens (tertiary/aromatic N) is 4. The zero-order valence-electron chi connectivity index (χ0n) is 12.3. The van der Waals surface area contributed by atoms with Crippen molar-refractivity contribution >= 4 is 22.5 Å². The molecule has 1 aliphatic rings. The van der Waals surface area contributed by atoms with Gasteiger partial charge in [0.1, 0.15) is 17.9 Å². The van der Waals surface area contributed by atoms with E-state index in [-0.39, 0.29) is 18.0 Å². The molecular weight excluding hydrogens is 284 g/mol. The highest BCUT2D eigenvalue weighted by molar-refractivity contribution is 5.82. The Balaban J connectivity index is 1.79. The first kappa shape index (κ1) is 13.1. The van der Waals surface area contributed by atoms with Crippen LogP contribution >= 0.6 is 0 Å². The van der Waals surface area contributed by atoms with Crippen LogP contribution in [0.2, 0.25) is 0 Å². The fourth-order valence-corrected chi connectivity index (χ4v) is 3.13. The van der Waals surface area contributed by atoms with E-state index in [1.807, 2.05) is 6.92 Å². The van der Waals surface area contributed by atoms with Gasteiger partial charge in [0.15, 0.2) is 5.58 Å². The van der Waals surface area contributed by atoms with E-state index in [2.05, 4.69) is 5.10 Å². The number of aryl methyl sites for hydroxylation is 1. The van der Waals surface area contributed by atoms with Crippen molar-refractivity contribution < 1.29 is 9.21 Å². The minimum absolute atomic E-state index is 0.0112. The third-order valence-corrected chi connectivity index (χ3v) is 4.21. The van der Waals surface area contributed by atoms with E-state index in [9.17, 15) is 9.59 Å². The van der Waals surface area contributed by atoms with Gasteiger partial charge in [0.25, 0.3) is 5.56 Å². The van der Waals surface area contributed by atoms with Gasteiger partial charge in [0, 0.05) is 25.2 Å². The molecule has 0 aromatic carbocycles. The molecule has 4 heterocycles. The summed E-state index contributed by atoms with van der Waals surface area (Å²) < 4.78 is 8.36. The molecular formula is C15H16N4O3. The van der Waals surface area contributed by atoms with E-state index in [1.165, 1.54) is 4.68 Å². The molecule has 22 heavy (non-hydrogen) atoms. The second-order valence-corrected chi connectivity index (χ2v) is 5.63. The zero-order valence-corrected chi connectivity index (χ0v) is 12.3. The summed E-state index contributed by atoms with van der Waals surface area (Å²) in [6, 6.07) is 3.50. The lowest BCUT2D eigenvalue weighted by molar-refractivity contribution is -0.131. The van der Waals surface area contributed by atoms with Crippen LogP contribution in [0.4, 0.5) is 0 Å². The first-order valence-corrected chi connectivity index (χ1v) is 7.39. The largest absolute Gasteiger partial charge is 0.463 e. The van der Waals surface area contributed by atoms with Crippen molar-refractivity contribution in [2.75, 3.05) is 13.1 Å². The van der Waals surface area contributed by atoms with Crippen LogP contribution in [-0.2, 0) is 11.3 Å². The van der Waals surface area contributed by atoms with Crippen molar-refractivity contribution in [1.29, 1.82) is 0 Å².